The first-order valence-electron chi connectivity index (χ1n) is 6.17. The van der Waals surface area contributed by atoms with Crippen LogP contribution in [0.5, 0.6) is 0 Å². The van der Waals surface area contributed by atoms with E-state index in [2.05, 4.69) is 15.7 Å². The number of aryl methyl sites for hydroxylation is 1. The van der Waals surface area contributed by atoms with E-state index in [4.69, 9.17) is 4.74 Å². The summed E-state index contributed by atoms with van der Waals surface area (Å²) < 4.78 is 6.63. The van der Waals surface area contributed by atoms with Crippen molar-refractivity contribution in [2.45, 2.75) is 32.9 Å². The minimum Gasteiger partial charge on any atom is -0.463 e. The van der Waals surface area contributed by atoms with Crippen LogP contribution < -0.4 is 10.6 Å². The van der Waals surface area contributed by atoms with E-state index in [1.165, 1.54) is 0 Å². The van der Waals surface area contributed by atoms with Crippen LogP contribution in [0.2, 0.25) is 0 Å². The van der Waals surface area contributed by atoms with Gasteiger partial charge in [-0.3, -0.25) is 9.48 Å². The molecule has 0 saturated heterocycles. The molecule has 0 aromatic carbocycles. The van der Waals surface area contributed by atoms with Gasteiger partial charge >= 0.3 is 12.0 Å². The summed E-state index contributed by atoms with van der Waals surface area (Å²) in [7, 11) is 1.80. The molecule has 0 aliphatic carbocycles. The molecular weight excluding hydrogens is 248 g/mol. The number of amides is 2. The second-order valence-electron chi connectivity index (χ2n) is 4.34. The van der Waals surface area contributed by atoms with Crippen molar-refractivity contribution in [1.29, 1.82) is 0 Å². The summed E-state index contributed by atoms with van der Waals surface area (Å²) in [6, 6.07) is 1.50. The average molecular weight is 268 g/mol. The molecule has 0 spiro atoms. The molecule has 1 rings (SSSR count). The largest absolute Gasteiger partial charge is 0.463 e. The molecule has 2 N–H and O–H groups in total. The summed E-state index contributed by atoms with van der Waals surface area (Å²) in [5, 5.41) is 9.26. The van der Waals surface area contributed by atoms with Crippen molar-refractivity contribution in [3.63, 3.8) is 0 Å². The smallest absolute Gasteiger partial charge is 0.315 e. The standard InChI is InChI=1S/C12H20N4O3/c1-9(2)19-11(17)5-6-13-12(18)14-8-10-4-7-15-16(10)3/h4,7,9H,5-6,8H2,1-3H3,(H2,13,14,18). The highest BCUT2D eigenvalue weighted by Crippen LogP contribution is 1.95. The highest BCUT2D eigenvalue weighted by Gasteiger charge is 2.07. The predicted octanol–water partition coefficient (Wildman–Crippen LogP) is 0.561. The maximum atomic E-state index is 11.4. The average Bonchev–Trinajstić information content (AvgIpc) is 2.71. The van der Waals surface area contributed by atoms with Crippen molar-refractivity contribution in [3.8, 4) is 0 Å². The van der Waals surface area contributed by atoms with Crippen LogP contribution in [0.4, 0.5) is 4.79 Å². The quantitative estimate of drug-likeness (QED) is 0.738. The topological polar surface area (TPSA) is 85.2 Å². The summed E-state index contributed by atoms with van der Waals surface area (Å²) >= 11 is 0. The van der Waals surface area contributed by atoms with Gasteiger partial charge in [0.25, 0.3) is 0 Å². The number of nitrogens with zero attached hydrogens (tertiary/aromatic N) is 2. The molecule has 0 fully saturated rings. The molecule has 1 aromatic rings. The zero-order chi connectivity index (χ0) is 14.3. The van der Waals surface area contributed by atoms with Crippen LogP contribution in [0.25, 0.3) is 0 Å². The van der Waals surface area contributed by atoms with Crippen molar-refractivity contribution in [2.24, 2.45) is 7.05 Å². The summed E-state index contributed by atoms with van der Waals surface area (Å²) in [6.07, 6.45) is 1.69. The van der Waals surface area contributed by atoms with E-state index >= 15 is 0 Å². The Morgan fingerprint density at radius 3 is 2.74 bits per heavy atom. The Balaban J connectivity index is 2.15. The molecule has 7 nitrogen and oxygen atoms in total. The van der Waals surface area contributed by atoms with Gasteiger partial charge in [0.05, 0.1) is 24.8 Å². The highest BCUT2D eigenvalue weighted by atomic mass is 16.5. The first kappa shape index (κ1) is 15.0. The number of hydrogen-bond donors (Lipinski definition) is 2. The summed E-state index contributed by atoms with van der Waals surface area (Å²) in [5.74, 6) is -0.318. The van der Waals surface area contributed by atoms with Crippen molar-refractivity contribution in [1.82, 2.24) is 20.4 Å². The number of aromatic nitrogens is 2. The van der Waals surface area contributed by atoms with Crippen LogP contribution in [0.1, 0.15) is 26.0 Å². The SMILES string of the molecule is CC(C)OC(=O)CCNC(=O)NCc1ccnn1C. The molecule has 2 amide bonds. The van der Waals surface area contributed by atoms with Gasteiger partial charge in [-0.15, -0.1) is 0 Å². The van der Waals surface area contributed by atoms with E-state index in [0.717, 1.165) is 5.69 Å². The second kappa shape index (κ2) is 7.40. The molecule has 106 valence electrons. The minimum absolute atomic E-state index is 0.133. The predicted molar refractivity (Wildman–Crippen MR) is 69.3 cm³/mol. The second-order valence-corrected chi connectivity index (χ2v) is 4.34. The molecule has 0 aliphatic heterocycles. The van der Waals surface area contributed by atoms with Crippen LogP contribution in [0.15, 0.2) is 12.3 Å². The van der Waals surface area contributed by atoms with Crippen LogP contribution >= 0.6 is 0 Å². The number of hydrogen-bond acceptors (Lipinski definition) is 4. The van der Waals surface area contributed by atoms with Crippen molar-refractivity contribution in [3.05, 3.63) is 18.0 Å². The Morgan fingerprint density at radius 1 is 1.42 bits per heavy atom. The van der Waals surface area contributed by atoms with Crippen LogP contribution in [0.3, 0.4) is 0 Å². The van der Waals surface area contributed by atoms with Gasteiger partial charge in [-0.05, 0) is 19.9 Å². The number of esters is 1. The van der Waals surface area contributed by atoms with Crippen molar-refractivity contribution in [2.75, 3.05) is 6.54 Å². The number of urea groups is 1. The number of carbonyl (C=O) groups is 2. The van der Waals surface area contributed by atoms with E-state index in [1.807, 2.05) is 6.07 Å². The Kier molecular flexibility index (Phi) is 5.84. The lowest BCUT2D eigenvalue weighted by atomic mass is 10.4. The number of nitrogens with one attached hydrogen (secondary N) is 2. The Morgan fingerprint density at radius 2 is 2.16 bits per heavy atom. The molecule has 7 heteroatoms. The van der Waals surface area contributed by atoms with Gasteiger partial charge in [0, 0.05) is 19.8 Å². The zero-order valence-electron chi connectivity index (χ0n) is 11.5. The molecular formula is C12H20N4O3. The van der Waals surface area contributed by atoms with E-state index < -0.39 is 0 Å². The van der Waals surface area contributed by atoms with Crippen molar-refractivity contribution >= 4 is 12.0 Å². The molecule has 0 bridgehead atoms. The zero-order valence-corrected chi connectivity index (χ0v) is 11.5. The molecule has 1 aromatic heterocycles. The first-order valence-corrected chi connectivity index (χ1v) is 6.17. The molecule has 0 aliphatic rings. The van der Waals surface area contributed by atoms with Crippen LogP contribution in [0, 0.1) is 0 Å². The number of ether oxygens (including phenoxy) is 1. The van der Waals surface area contributed by atoms with Gasteiger partial charge in [0.15, 0.2) is 0 Å². The fraction of sp³-hybridized carbons (Fsp3) is 0.583. The lowest BCUT2D eigenvalue weighted by Crippen LogP contribution is -2.36. The van der Waals surface area contributed by atoms with Gasteiger partial charge < -0.3 is 15.4 Å². The van der Waals surface area contributed by atoms with Gasteiger partial charge in [-0.1, -0.05) is 0 Å². The fourth-order valence-corrected chi connectivity index (χ4v) is 1.41. The maximum absolute atomic E-state index is 11.4. The van der Waals surface area contributed by atoms with E-state index in [0.29, 0.717) is 6.54 Å². The van der Waals surface area contributed by atoms with Crippen LogP contribution in [-0.4, -0.2) is 34.4 Å². The first-order chi connectivity index (χ1) is 8.99. The summed E-state index contributed by atoms with van der Waals surface area (Å²) in [5.41, 5.74) is 0.898. The lowest BCUT2D eigenvalue weighted by molar-refractivity contribution is -0.147. The molecule has 0 atom stereocenters. The number of carbonyl (C=O) groups excluding carboxylic acids is 2. The third-order valence-electron chi connectivity index (χ3n) is 2.33. The molecule has 0 saturated carbocycles. The monoisotopic (exact) mass is 268 g/mol. The van der Waals surface area contributed by atoms with Gasteiger partial charge in [0.1, 0.15) is 0 Å². The molecule has 0 radical (unpaired) electrons. The molecule has 19 heavy (non-hydrogen) atoms. The van der Waals surface area contributed by atoms with Gasteiger partial charge in [-0.2, -0.15) is 5.10 Å². The number of rotatable bonds is 6. The van der Waals surface area contributed by atoms with Gasteiger partial charge in [0.2, 0.25) is 0 Å². The molecule has 1 heterocycles. The van der Waals surface area contributed by atoms with E-state index in [1.54, 1.807) is 31.8 Å². The van der Waals surface area contributed by atoms with E-state index in [-0.39, 0.29) is 31.1 Å². The van der Waals surface area contributed by atoms with Crippen LogP contribution in [-0.2, 0) is 23.1 Å². The Bertz CT molecular complexity index is 428. The Hall–Kier alpha value is -2.05. The normalized spacial score (nSPS) is 10.3. The van der Waals surface area contributed by atoms with E-state index in [9.17, 15) is 9.59 Å². The fourth-order valence-electron chi connectivity index (χ4n) is 1.41. The Labute approximate surface area is 112 Å². The lowest BCUT2D eigenvalue weighted by Gasteiger charge is -2.09. The molecule has 0 unspecified atom stereocenters. The third kappa shape index (κ3) is 5.89. The van der Waals surface area contributed by atoms with Gasteiger partial charge in [-0.25, -0.2) is 4.79 Å². The highest BCUT2D eigenvalue weighted by molar-refractivity contribution is 5.75. The maximum Gasteiger partial charge on any atom is 0.315 e. The summed E-state index contributed by atoms with van der Waals surface area (Å²) in [6.45, 7) is 4.21. The third-order valence-corrected chi connectivity index (χ3v) is 2.33. The minimum atomic E-state index is -0.321. The summed E-state index contributed by atoms with van der Waals surface area (Å²) in [4.78, 5) is 22.7. The van der Waals surface area contributed by atoms with Crippen molar-refractivity contribution < 1.29 is 14.3 Å².